The Kier molecular flexibility index (Phi) is 4.09. The van der Waals surface area contributed by atoms with Gasteiger partial charge in [-0.25, -0.2) is 0 Å². The molecular weight excluding hydrogens is 256 g/mol. The molecule has 1 unspecified atom stereocenters. The van der Waals surface area contributed by atoms with Gasteiger partial charge in [0.15, 0.2) is 0 Å². The molecule has 0 saturated heterocycles. The Hall–Kier alpha value is -1.98. The molecule has 0 amide bonds. The summed E-state index contributed by atoms with van der Waals surface area (Å²) in [4.78, 5) is 2.14. The highest BCUT2D eigenvalue weighted by Gasteiger charge is 2.14. The standard InChI is InChI=1S/C16H15ClN2/c1-12(15-5-3-4-6-16(15)17)19(2)14-9-7-13(11-18)8-10-14/h3-10,12H,1-2H3. The van der Waals surface area contributed by atoms with E-state index in [9.17, 15) is 0 Å². The van der Waals surface area contributed by atoms with Gasteiger partial charge in [-0.05, 0) is 42.8 Å². The molecule has 2 aromatic carbocycles. The normalized spacial score (nSPS) is 11.7. The summed E-state index contributed by atoms with van der Waals surface area (Å²) in [5, 5.41) is 9.58. The number of nitrogens with zero attached hydrogens (tertiary/aromatic N) is 2. The van der Waals surface area contributed by atoms with Crippen LogP contribution in [0.4, 0.5) is 5.69 Å². The molecule has 0 aromatic heterocycles. The molecule has 2 nitrogen and oxygen atoms in total. The summed E-state index contributed by atoms with van der Waals surface area (Å²) in [6.45, 7) is 2.11. The van der Waals surface area contributed by atoms with Crippen molar-refractivity contribution >= 4 is 17.3 Å². The molecule has 0 spiro atoms. The largest absolute Gasteiger partial charge is 0.368 e. The van der Waals surface area contributed by atoms with E-state index in [1.165, 1.54) is 0 Å². The first-order valence-corrected chi connectivity index (χ1v) is 6.48. The summed E-state index contributed by atoms with van der Waals surface area (Å²) in [7, 11) is 2.02. The lowest BCUT2D eigenvalue weighted by molar-refractivity contribution is 0.740. The molecule has 0 fully saturated rings. The van der Waals surface area contributed by atoms with Crippen molar-refractivity contribution in [1.29, 1.82) is 5.26 Å². The molecule has 0 aliphatic heterocycles. The van der Waals surface area contributed by atoms with Crippen molar-refractivity contribution in [1.82, 2.24) is 0 Å². The van der Waals surface area contributed by atoms with Crippen molar-refractivity contribution in [2.45, 2.75) is 13.0 Å². The summed E-state index contributed by atoms with van der Waals surface area (Å²) in [5.74, 6) is 0. The van der Waals surface area contributed by atoms with Gasteiger partial charge in [0.1, 0.15) is 0 Å². The molecule has 2 aromatic rings. The Labute approximate surface area is 118 Å². The average Bonchev–Trinajstić information content (AvgIpc) is 2.46. The van der Waals surface area contributed by atoms with Crippen LogP contribution in [0.2, 0.25) is 5.02 Å². The van der Waals surface area contributed by atoms with Crippen LogP contribution in [0.15, 0.2) is 48.5 Å². The highest BCUT2D eigenvalue weighted by atomic mass is 35.5. The van der Waals surface area contributed by atoms with Crippen molar-refractivity contribution in [3.63, 3.8) is 0 Å². The van der Waals surface area contributed by atoms with Gasteiger partial charge in [0.2, 0.25) is 0 Å². The molecule has 0 bridgehead atoms. The van der Waals surface area contributed by atoms with Crippen molar-refractivity contribution < 1.29 is 0 Å². The summed E-state index contributed by atoms with van der Waals surface area (Å²) < 4.78 is 0. The zero-order valence-electron chi connectivity index (χ0n) is 11.0. The molecule has 0 aliphatic carbocycles. The molecule has 0 heterocycles. The zero-order chi connectivity index (χ0) is 13.8. The van der Waals surface area contributed by atoms with Gasteiger partial charge in [-0.2, -0.15) is 5.26 Å². The van der Waals surface area contributed by atoms with Crippen molar-refractivity contribution in [2.75, 3.05) is 11.9 Å². The third-order valence-electron chi connectivity index (χ3n) is 3.34. The molecule has 0 N–H and O–H groups in total. The van der Waals surface area contributed by atoms with E-state index in [2.05, 4.69) is 17.9 Å². The van der Waals surface area contributed by atoms with Crippen LogP contribution in [0.1, 0.15) is 24.1 Å². The first-order valence-electron chi connectivity index (χ1n) is 6.11. The fraction of sp³-hybridized carbons (Fsp3) is 0.188. The molecular formula is C16H15ClN2. The van der Waals surface area contributed by atoms with Gasteiger partial charge in [0, 0.05) is 17.8 Å². The predicted molar refractivity (Wildman–Crippen MR) is 79.4 cm³/mol. The van der Waals surface area contributed by atoms with Crippen LogP contribution in [0, 0.1) is 11.3 Å². The lowest BCUT2D eigenvalue weighted by Gasteiger charge is -2.28. The van der Waals surface area contributed by atoms with E-state index < -0.39 is 0 Å². The maximum absolute atomic E-state index is 8.81. The van der Waals surface area contributed by atoms with Gasteiger partial charge in [-0.1, -0.05) is 29.8 Å². The second-order valence-corrected chi connectivity index (χ2v) is 4.87. The zero-order valence-corrected chi connectivity index (χ0v) is 11.7. The topological polar surface area (TPSA) is 27.0 Å². The maximum atomic E-state index is 8.81. The number of hydrogen-bond donors (Lipinski definition) is 0. The second-order valence-electron chi connectivity index (χ2n) is 4.47. The third kappa shape index (κ3) is 2.89. The maximum Gasteiger partial charge on any atom is 0.0991 e. The summed E-state index contributed by atoms with van der Waals surface area (Å²) in [6, 6.07) is 17.7. The Morgan fingerprint density at radius 2 is 1.74 bits per heavy atom. The quantitative estimate of drug-likeness (QED) is 0.826. The highest BCUT2D eigenvalue weighted by Crippen LogP contribution is 2.29. The van der Waals surface area contributed by atoms with Crippen LogP contribution in [0.5, 0.6) is 0 Å². The van der Waals surface area contributed by atoms with Crippen molar-refractivity contribution in [3.05, 3.63) is 64.7 Å². The minimum absolute atomic E-state index is 0.168. The molecule has 2 rings (SSSR count). The number of anilines is 1. The Bertz CT molecular complexity index is 599. The number of benzene rings is 2. The fourth-order valence-corrected chi connectivity index (χ4v) is 2.31. The summed E-state index contributed by atoms with van der Waals surface area (Å²) >= 11 is 6.23. The Balaban J connectivity index is 2.26. The van der Waals surface area contributed by atoms with Crippen LogP contribution in [-0.2, 0) is 0 Å². The van der Waals surface area contributed by atoms with Gasteiger partial charge in [0.05, 0.1) is 17.7 Å². The Morgan fingerprint density at radius 1 is 1.11 bits per heavy atom. The van der Waals surface area contributed by atoms with Crippen LogP contribution in [-0.4, -0.2) is 7.05 Å². The van der Waals surface area contributed by atoms with E-state index >= 15 is 0 Å². The van der Waals surface area contributed by atoms with E-state index in [0.29, 0.717) is 5.56 Å². The predicted octanol–water partition coefficient (Wildman–Crippen LogP) is 4.41. The number of nitriles is 1. The molecule has 19 heavy (non-hydrogen) atoms. The number of halogens is 1. The van der Waals surface area contributed by atoms with E-state index in [1.807, 2.05) is 55.6 Å². The highest BCUT2D eigenvalue weighted by molar-refractivity contribution is 6.31. The monoisotopic (exact) mass is 270 g/mol. The van der Waals surface area contributed by atoms with Crippen LogP contribution < -0.4 is 4.90 Å². The molecule has 1 atom stereocenters. The second kappa shape index (κ2) is 5.77. The van der Waals surface area contributed by atoms with Crippen molar-refractivity contribution in [2.24, 2.45) is 0 Å². The van der Waals surface area contributed by atoms with E-state index in [1.54, 1.807) is 0 Å². The molecule has 0 aliphatic rings. The van der Waals surface area contributed by atoms with Gasteiger partial charge in [0.25, 0.3) is 0 Å². The minimum Gasteiger partial charge on any atom is -0.368 e. The van der Waals surface area contributed by atoms with Crippen LogP contribution in [0.3, 0.4) is 0 Å². The van der Waals surface area contributed by atoms with E-state index in [4.69, 9.17) is 16.9 Å². The van der Waals surface area contributed by atoms with Gasteiger partial charge < -0.3 is 4.90 Å². The minimum atomic E-state index is 0.168. The lowest BCUT2D eigenvalue weighted by atomic mass is 10.1. The smallest absolute Gasteiger partial charge is 0.0991 e. The fourth-order valence-electron chi connectivity index (χ4n) is 2.02. The molecule has 0 saturated carbocycles. The van der Waals surface area contributed by atoms with Gasteiger partial charge >= 0.3 is 0 Å². The van der Waals surface area contributed by atoms with Gasteiger partial charge in [-0.3, -0.25) is 0 Å². The first kappa shape index (κ1) is 13.5. The third-order valence-corrected chi connectivity index (χ3v) is 3.68. The SMILES string of the molecule is CC(c1ccccc1Cl)N(C)c1ccc(C#N)cc1. The number of rotatable bonds is 3. The molecule has 96 valence electrons. The summed E-state index contributed by atoms with van der Waals surface area (Å²) in [5.41, 5.74) is 2.82. The van der Waals surface area contributed by atoms with E-state index in [-0.39, 0.29) is 6.04 Å². The lowest BCUT2D eigenvalue weighted by Crippen LogP contribution is -2.21. The number of hydrogen-bond acceptors (Lipinski definition) is 2. The van der Waals surface area contributed by atoms with E-state index in [0.717, 1.165) is 16.3 Å². The Morgan fingerprint density at radius 3 is 2.32 bits per heavy atom. The summed E-state index contributed by atoms with van der Waals surface area (Å²) in [6.07, 6.45) is 0. The van der Waals surface area contributed by atoms with Crippen LogP contribution >= 0.6 is 11.6 Å². The first-order chi connectivity index (χ1) is 9.13. The van der Waals surface area contributed by atoms with Gasteiger partial charge in [-0.15, -0.1) is 0 Å². The van der Waals surface area contributed by atoms with Crippen molar-refractivity contribution in [3.8, 4) is 6.07 Å². The molecule has 3 heteroatoms. The molecule has 0 radical (unpaired) electrons. The van der Waals surface area contributed by atoms with Crippen LogP contribution in [0.25, 0.3) is 0 Å². The average molecular weight is 271 g/mol.